The molecule has 0 unspecified atom stereocenters. The standard InChI is InChI=1S/C16H25N.H3N/c1-2-3-5-10-15-11-6-7-12-16(15)17-13-8-4-9-14-17;/h6-7,11-12H,2-5,8-10,13-14H2,1H3;1H3. The van der Waals surface area contributed by atoms with Gasteiger partial charge in [0.25, 0.3) is 0 Å². The molecule has 0 radical (unpaired) electrons. The van der Waals surface area contributed by atoms with Crippen molar-refractivity contribution in [1.82, 2.24) is 6.15 Å². The zero-order valence-corrected chi connectivity index (χ0v) is 11.8. The third-order valence-corrected chi connectivity index (χ3v) is 3.74. The van der Waals surface area contributed by atoms with E-state index in [2.05, 4.69) is 36.1 Å². The molecule has 1 aromatic carbocycles. The van der Waals surface area contributed by atoms with Crippen molar-refractivity contribution in [1.29, 1.82) is 0 Å². The molecule has 1 aromatic rings. The molecular weight excluding hydrogens is 220 g/mol. The van der Waals surface area contributed by atoms with Crippen LogP contribution in [0.5, 0.6) is 0 Å². The number of aryl methyl sites for hydroxylation is 1. The van der Waals surface area contributed by atoms with Crippen molar-refractivity contribution in [2.45, 2.75) is 51.9 Å². The lowest BCUT2D eigenvalue weighted by Gasteiger charge is -2.30. The third-order valence-electron chi connectivity index (χ3n) is 3.74. The van der Waals surface area contributed by atoms with Gasteiger partial charge in [-0.2, -0.15) is 0 Å². The van der Waals surface area contributed by atoms with Gasteiger partial charge in [-0.3, -0.25) is 0 Å². The van der Waals surface area contributed by atoms with Gasteiger partial charge in [0.15, 0.2) is 0 Å². The predicted molar refractivity (Wildman–Crippen MR) is 80.8 cm³/mol. The molecule has 0 amide bonds. The Morgan fingerprint density at radius 2 is 1.72 bits per heavy atom. The lowest BCUT2D eigenvalue weighted by Crippen LogP contribution is -2.30. The van der Waals surface area contributed by atoms with E-state index in [0.29, 0.717) is 0 Å². The maximum Gasteiger partial charge on any atom is 0.0398 e. The molecule has 2 nitrogen and oxygen atoms in total. The van der Waals surface area contributed by atoms with Crippen LogP contribution >= 0.6 is 0 Å². The van der Waals surface area contributed by atoms with Crippen LogP contribution in [0, 0.1) is 0 Å². The number of hydrogen-bond donors (Lipinski definition) is 1. The number of para-hydroxylation sites is 1. The quantitative estimate of drug-likeness (QED) is 0.775. The highest BCUT2D eigenvalue weighted by molar-refractivity contribution is 5.53. The summed E-state index contributed by atoms with van der Waals surface area (Å²) >= 11 is 0. The maximum absolute atomic E-state index is 2.59. The summed E-state index contributed by atoms with van der Waals surface area (Å²) in [7, 11) is 0. The van der Waals surface area contributed by atoms with Crippen molar-refractivity contribution >= 4 is 5.69 Å². The molecule has 102 valence electrons. The van der Waals surface area contributed by atoms with E-state index in [-0.39, 0.29) is 6.15 Å². The molecule has 0 aromatic heterocycles. The van der Waals surface area contributed by atoms with E-state index >= 15 is 0 Å². The van der Waals surface area contributed by atoms with Crippen molar-refractivity contribution in [3.05, 3.63) is 29.8 Å². The Hall–Kier alpha value is -1.02. The van der Waals surface area contributed by atoms with Crippen molar-refractivity contribution in [3.63, 3.8) is 0 Å². The summed E-state index contributed by atoms with van der Waals surface area (Å²) in [5, 5.41) is 0. The summed E-state index contributed by atoms with van der Waals surface area (Å²) in [6, 6.07) is 9.01. The number of benzene rings is 1. The Morgan fingerprint density at radius 3 is 2.44 bits per heavy atom. The summed E-state index contributed by atoms with van der Waals surface area (Å²) in [5.41, 5.74) is 3.06. The minimum atomic E-state index is 0. The van der Waals surface area contributed by atoms with Gasteiger partial charge in [0.05, 0.1) is 0 Å². The van der Waals surface area contributed by atoms with Gasteiger partial charge >= 0.3 is 0 Å². The molecule has 3 N–H and O–H groups in total. The van der Waals surface area contributed by atoms with Crippen LogP contribution in [0.3, 0.4) is 0 Å². The lowest BCUT2D eigenvalue weighted by molar-refractivity contribution is 0.575. The van der Waals surface area contributed by atoms with Crippen LogP contribution in [0.15, 0.2) is 24.3 Å². The molecule has 0 spiro atoms. The number of rotatable bonds is 5. The summed E-state index contributed by atoms with van der Waals surface area (Å²) in [4.78, 5) is 2.59. The topological polar surface area (TPSA) is 38.2 Å². The SMILES string of the molecule is CCCCCc1ccccc1N1CCCCC1.N. The zero-order chi connectivity index (χ0) is 11.9. The molecule has 2 rings (SSSR count). The van der Waals surface area contributed by atoms with E-state index in [9.17, 15) is 0 Å². The first-order chi connectivity index (χ1) is 8.42. The average Bonchev–Trinajstić information content (AvgIpc) is 2.41. The van der Waals surface area contributed by atoms with Crippen molar-refractivity contribution in [2.75, 3.05) is 18.0 Å². The number of nitrogens with zero attached hydrogens (tertiary/aromatic N) is 1. The minimum absolute atomic E-state index is 0. The van der Waals surface area contributed by atoms with Crippen LogP contribution < -0.4 is 11.1 Å². The molecule has 1 aliphatic rings. The molecule has 2 heteroatoms. The average molecular weight is 248 g/mol. The molecule has 1 fully saturated rings. The highest BCUT2D eigenvalue weighted by atomic mass is 15.1. The molecule has 1 saturated heterocycles. The van der Waals surface area contributed by atoms with E-state index in [4.69, 9.17) is 0 Å². The van der Waals surface area contributed by atoms with Gasteiger partial charge in [0.1, 0.15) is 0 Å². The molecule has 1 aliphatic heterocycles. The lowest BCUT2D eigenvalue weighted by atomic mass is 10.0. The first-order valence-electron chi connectivity index (χ1n) is 7.24. The molecule has 0 bridgehead atoms. The minimum Gasteiger partial charge on any atom is -0.371 e. The molecule has 1 heterocycles. The molecule has 18 heavy (non-hydrogen) atoms. The Kier molecular flexibility index (Phi) is 6.81. The van der Waals surface area contributed by atoms with E-state index in [1.165, 1.54) is 63.7 Å². The van der Waals surface area contributed by atoms with Gasteiger partial charge in [-0.1, -0.05) is 38.0 Å². The van der Waals surface area contributed by atoms with E-state index in [0.717, 1.165) is 0 Å². The predicted octanol–water partition coefficient (Wildman–Crippen LogP) is 4.57. The molecule has 0 saturated carbocycles. The first-order valence-corrected chi connectivity index (χ1v) is 7.24. The highest BCUT2D eigenvalue weighted by Crippen LogP contribution is 2.25. The largest absolute Gasteiger partial charge is 0.371 e. The van der Waals surface area contributed by atoms with Crippen LogP contribution in [0.1, 0.15) is 51.0 Å². The van der Waals surface area contributed by atoms with Gasteiger partial charge in [-0.15, -0.1) is 0 Å². The summed E-state index contributed by atoms with van der Waals surface area (Å²) in [5.74, 6) is 0. The summed E-state index contributed by atoms with van der Waals surface area (Å²) < 4.78 is 0. The van der Waals surface area contributed by atoms with Crippen molar-refractivity contribution in [3.8, 4) is 0 Å². The van der Waals surface area contributed by atoms with Crippen LogP contribution in [0.25, 0.3) is 0 Å². The van der Waals surface area contributed by atoms with E-state index < -0.39 is 0 Å². The van der Waals surface area contributed by atoms with Crippen LogP contribution in [-0.4, -0.2) is 13.1 Å². The second-order valence-corrected chi connectivity index (χ2v) is 5.13. The molecule has 0 atom stereocenters. The van der Waals surface area contributed by atoms with E-state index in [1.54, 1.807) is 5.56 Å². The van der Waals surface area contributed by atoms with Crippen molar-refractivity contribution in [2.24, 2.45) is 0 Å². The monoisotopic (exact) mass is 248 g/mol. The summed E-state index contributed by atoms with van der Waals surface area (Å²) in [6.45, 7) is 4.78. The first kappa shape index (κ1) is 15.0. The highest BCUT2D eigenvalue weighted by Gasteiger charge is 2.13. The maximum atomic E-state index is 2.59. The Balaban J connectivity index is 0.00000162. The van der Waals surface area contributed by atoms with Gasteiger partial charge in [-0.05, 0) is 43.7 Å². The van der Waals surface area contributed by atoms with Gasteiger partial charge < -0.3 is 11.1 Å². The zero-order valence-electron chi connectivity index (χ0n) is 11.8. The van der Waals surface area contributed by atoms with Gasteiger partial charge in [0, 0.05) is 18.8 Å². The number of hydrogen-bond acceptors (Lipinski definition) is 2. The molecule has 0 aliphatic carbocycles. The second kappa shape index (κ2) is 8.15. The van der Waals surface area contributed by atoms with Crippen LogP contribution in [0.4, 0.5) is 5.69 Å². The van der Waals surface area contributed by atoms with Crippen LogP contribution in [0.2, 0.25) is 0 Å². The Morgan fingerprint density at radius 1 is 1.00 bits per heavy atom. The van der Waals surface area contributed by atoms with Crippen LogP contribution in [-0.2, 0) is 6.42 Å². The Labute approximate surface area is 112 Å². The normalized spacial score (nSPS) is 15.3. The fraction of sp³-hybridized carbons (Fsp3) is 0.625. The van der Waals surface area contributed by atoms with Gasteiger partial charge in [-0.25, -0.2) is 0 Å². The number of piperidine rings is 1. The smallest absolute Gasteiger partial charge is 0.0398 e. The fourth-order valence-electron chi connectivity index (χ4n) is 2.73. The Bertz CT molecular complexity index is 330. The fourth-order valence-corrected chi connectivity index (χ4v) is 2.73. The molecular formula is C16H28N2. The summed E-state index contributed by atoms with van der Waals surface area (Å²) in [6.07, 6.45) is 9.39. The number of unbranched alkanes of at least 4 members (excludes halogenated alkanes) is 2. The van der Waals surface area contributed by atoms with E-state index in [1.807, 2.05) is 0 Å². The van der Waals surface area contributed by atoms with Crippen molar-refractivity contribution < 1.29 is 0 Å². The number of anilines is 1. The third kappa shape index (κ3) is 4.02. The van der Waals surface area contributed by atoms with Gasteiger partial charge in [0.2, 0.25) is 0 Å². The second-order valence-electron chi connectivity index (χ2n) is 5.13.